The largest absolute Gasteiger partial charge is 0.317 e. The summed E-state index contributed by atoms with van der Waals surface area (Å²) in [6.45, 7) is -6.05. The van der Waals surface area contributed by atoms with Crippen LogP contribution >= 0.6 is 27.3 Å². The zero-order valence-corrected chi connectivity index (χ0v) is 8.14. The molecule has 0 aromatic carbocycles. The number of aromatic nitrogens is 1. The first-order chi connectivity index (χ1) is 9.62. The molecular weight excluding hydrogens is 236 g/mol. The Bertz CT molecular complexity index is 569. The van der Waals surface area contributed by atoms with Gasteiger partial charge in [0.15, 0.2) is 0 Å². The van der Waals surface area contributed by atoms with Gasteiger partial charge in [0.05, 0.1) is 6.38 Å². The Kier molecular flexibility index (Phi) is 0.892. The Morgan fingerprint density at radius 2 is 2.58 bits per heavy atom. The van der Waals surface area contributed by atoms with Crippen LogP contribution in [0.2, 0.25) is 0 Å². The molecule has 66 valence electrons. The third-order valence-electron chi connectivity index (χ3n) is 1.15. The molecule has 2 nitrogen and oxygen atoms in total. The lowest BCUT2D eigenvalue weighted by atomic mass is 9.99. The van der Waals surface area contributed by atoms with Crippen LogP contribution in [0.5, 0.6) is 0 Å². The van der Waals surface area contributed by atoms with Crippen molar-refractivity contribution >= 4 is 27.3 Å². The molecule has 0 unspecified atom stereocenters. The van der Waals surface area contributed by atoms with E-state index in [2.05, 4.69) is 20.9 Å². The lowest BCUT2D eigenvalue weighted by Gasteiger charge is -2.20. The zero-order valence-electron chi connectivity index (χ0n) is 15.7. The highest BCUT2D eigenvalue weighted by Crippen LogP contribution is 2.29. The summed E-state index contributed by atoms with van der Waals surface area (Å²) in [6.07, 6.45) is -6.31. The van der Waals surface area contributed by atoms with Crippen molar-refractivity contribution in [3.63, 3.8) is 0 Å². The van der Waals surface area contributed by atoms with Gasteiger partial charge in [-0.3, -0.25) is 0 Å². The van der Waals surface area contributed by atoms with Crippen LogP contribution in [0.1, 0.15) is 37.4 Å². The number of nitrogens with one attached hydrogen (secondary N) is 1. The van der Waals surface area contributed by atoms with Gasteiger partial charge in [-0.2, -0.15) is 0 Å². The highest BCUT2D eigenvalue weighted by molar-refractivity contribution is 9.10. The molecule has 1 aromatic heterocycles. The average molecular weight is 257 g/mol. The minimum absolute atomic E-state index is 0.0367. The lowest BCUT2D eigenvalue weighted by Crippen LogP contribution is -2.26. The van der Waals surface area contributed by atoms with Crippen molar-refractivity contribution in [2.45, 2.75) is 18.6 Å². The molecule has 1 N–H and O–H groups in total. The summed E-state index contributed by atoms with van der Waals surface area (Å²) in [5, 5.41) is 0.981. The van der Waals surface area contributed by atoms with Gasteiger partial charge in [-0.1, -0.05) is 0 Å². The predicted molar refractivity (Wildman–Crippen MR) is 54.7 cm³/mol. The van der Waals surface area contributed by atoms with Crippen molar-refractivity contribution in [1.29, 1.82) is 0 Å². The van der Waals surface area contributed by atoms with Crippen molar-refractivity contribution in [2.24, 2.45) is 0 Å². The first-order valence-corrected chi connectivity index (χ1v) is 4.65. The summed E-state index contributed by atoms with van der Waals surface area (Å²) in [5.74, 6) is -3.00. The molecule has 2 rings (SSSR count). The Labute approximate surface area is 98.6 Å². The molecule has 0 saturated carbocycles. The molecule has 1 fully saturated rings. The van der Waals surface area contributed by atoms with Crippen molar-refractivity contribution in [2.75, 3.05) is 13.0 Å². The van der Waals surface area contributed by atoms with E-state index in [0.29, 0.717) is 11.3 Å². The number of hydrogen-bond acceptors (Lipinski definition) is 3. The highest BCUT2D eigenvalue weighted by Gasteiger charge is 2.17. The van der Waals surface area contributed by atoms with Crippen LogP contribution in [0, 0.1) is 0 Å². The molecule has 0 aliphatic carbocycles. The van der Waals surface area contributed by atoms with Gasteiger partial charge in [-0.25, -0.2) is 4.98 Å². The van der Waals surface area contributed by atoms with Crippen molar-refractivity contribution in [1.82, 2.24) is 10.3 Å². The molecule has 0 amide bonds. The van der Waals surface area contributed by atoms with Crippen LogP contribution in [0.15, 0.2) is 9.96 Å². The first kappa shape index (κ1) is 2.78. The van der Waals surface area contributed by atoms with E-state index < -0.39 is 36.6 Å². The number of hydrogen-bond donors (Lipinski definition) is 1. The molecule has 1 aliphatic heterocycles. The molecule has 0 atom stereocenters. The number of thiazole rings is 1. The molecule has 1 aromatic rings. The van der Waals surface area contributed by atoms with Crippen LogP contribution in [0.4, 0.5) is 0 Å². The van der Waals surface area contributed by atoms with Gasteiger partial charge in [-0.05, 0) is 41.7 Å². The number of rotatable bonds is 1. The van der Waals surface area contributed by atoms with E-state index >= 15 is 0 Å². The zero-order chi connectivity index (χ0) is 17.4. The third-order valence-corrected chi connectivity index (χ3v) is 2.57. The van der Waals surface area contributed by atoms with Crippen LogP contribution in [-0.2, 0) is 0 Å². The van der Waals surface area contributed by atoms with Crippen molar-refractivity contribution in [3.05, 3.63) is 15.0 Å². The van der Waals surface area contributed by atoms with E-state index in [1.54, 1.807) is 5.32 Å². The molecule has 1 aliphatic rings. The summed E-state index contributed by atoms with van der Waals surface area (Å²) in [7, 11) is 0. The van der Waals surface area contributed by atoms with Gasteiger partial charge in [0.25, 0.3) is 0 Å². The maximum atomic E-state index is 8.36. The lowest BCUT2D eigenvalue weighted by molar-refractivity contribution is 0.459. The van der Waals surface area contributed by atoms with Gasteiger partial charge < -0.3 is 5.32 Å². The SMILES string of the molecule is [2H]c1sc(C2([2H])C([2H])([2H])C([2H])([2H])NC([2H])([2H])C2([2H])[2H])nc1Br. The van der Waals surface area contributed by atoms with Gasteiger partial charge >= 0.3 is 0 Å². The molecule has 12 heavy (non-hydrogen) atoms. The monoisotopic (exact) mass is 256 g/mol. The van der Waals surface area contributed by atoms with Gasteiger partial charge in [-0.15, -0.1) is 11.3 Å². The number of piperidine rings is 1. The second kappa shape index (κ2) is 3.85. The maximum absolute atomic E-state index is 8.36. The molecular formula is C8H11BrN2S. The summed E-state index contributed by atoms with van der Waals surface area (Å²) in [5.41, 5.74) is 0. The van der Waals surface area contributed by atoms with E-state index in [-0.39, 0.29) is 9.96 Å². The quantitative estimate of drug-likeness (QED) is 0.835. The number of nitrogens with zero attached hydrogens (tertiary/aromatic N) is 1. The van der Waals surface area contributed by atoms with Crippen LogP contribution in [-0.4, -0.2) is 18.0 Å². The van der Waals surface area contributed by atoms with Crippen LogP contribution in [0.25, 0.3) is 0 Å². The molecule has 0 bridgehead atoms. The normalized spacial score (nSPS) is 51.4. The summed E-state index contributed by atoms with van der Waals surface area (Å²) in [6, 6.07) is 0. The van der Waals surface area contributed by atoms with E-state index in [9.17, 15) is 0 Å². The van der Waals surface area contributed by atoms with E-state index in [1.165, 1.54) is 0 Å². The fourth-order valence-corrected chi connectivity index (χ4v) is 1.79. The van der Waals surface area contributed by atoms with Crippen LogP contribution < -0.4 is 5.32 Å². The standard InChI is InChI=1S/C8H11BrN2S/c9-7-5-12-8(11-7)6-1-3-10-4-2-6/h5-6,10H,1-4H2/i1D2,2D2,3D2,4D2,5D,6D. The van der Waals surface area contributed by atoms with E-state index in [4.69, 9.17) is 13.7 Å². The fraction of sp³-hybridized carbons (Fsp3) is 0.625. The van der Waals surface area contributed by atoms with Gasteiger partial charge in [0.2, 0.25) is 0 Å². The topological polar surface area (TPSA) is 24.9 Å². The Hall–Kier alpha value is 0.0700. The predicted octanol–water partition coefficient (Wildman–Crippen LogP) is 2.37. The van der Waals surface area contributed by atoms with Crippen LogP contribution in [0.3, 0.4) is 0 Å². The molecule has 1 saturated heterocycles. The second-order valence-corrected chi connectivity index (χ2v) is 3.46. The van der Waals surface area contributed by atoms with Gasteiger partial charge in [0.1, 0.15) is 4.60 Å². The van der Waals surface area contributed by atoms with Crippen molar-refractivity contribution < 1.29 is 13.7 Å². The highest BCUT2D eigenvalue weighted by atomic mass is 79.9. The molecule has 0 radical (unpaired) electrons. The van der Waals surface area contributed by atoms with Gasteiger partial charge in [0, 0.05) is 23.6 Å². The summed E-state index contributed by atoms with van der Waals surface area (Å²) >= 11 is 3.43. The Balaban J connectivity index is 2.81. The fourth-order valence-electron chi connectivity index (χ4n) is 0.689. The second-order valence-electron chi connectivity index (χ2n) is 1.91. The van der Waals surface area contributed by atoms with E-state index in [1.807, 2.05) is 0 Å². The molecule has 4 heteroatoms. The third kappa shape index (κ3) is 1.87. The van der Waals surface area contributed by atoms with E-state index in [0.717, 1.165) is 0 Å². The minimum Gasteiger partial charge on any atom is -0.317 e. The minimum atomic E-state index is -3.15. The summed E-state index contributed by atoms with van der Waals surface area (Å²) < 4.78 is 78.5. The number of halogens is 1. The smallest absolute Gasteiger partial charge is 0.117 e. The molecule has 2 heterocycles. The Morgan fingerprint density at radius 3 is 3.17 bits per heavy atom. The summed E-state index contributed by atoms with van der Waals surface area (Å²) in [4.78, 5) is 3.75. The molecule has 0 spiro atoms. The first-order valence-electron chi connectivity index (χ1n) is 8.04. The Morgan fingerprint density at radius 1 is 1.83 bits per heavy atom. The van der Waals surface area contributed by atoms with Crippen molar-refractivity contribution in [3.8, 4) is 0 Å². The average Bonchev–Trinajstić information content (AvgIpc) is 2.65. The maximum Gasteiger partial charge on any atom is 0.117 e.